The van der Waals surface area contributed by atoms with E-state index in [-0.39, 0.29) is 23.8 Å². The van der Waals surface area contributed by atoms with Gasteiger partial charge in [0.15, 0.2) is 0 Å². The minimum Gasteiger partial charge on any atom is -0.340 e. The standard InChI is InChI=1S/C34H42N2O2/c1-25(2)24-32(35-33(37)29-20-18-28(19-21-29)31-17-11-10-12-26(31)3)34(38)36(30-15-8-5-9-16-30)23-22-27-13-6-4-7-14-27/h4,6-7,10-14,17-21,25,30,32H,5,8-9,15-16,22-24H2,1-3H3,(H,35,37). The molecule has 200 valence electrons. The minimum atomic E-state index is -0.531. The summed E-state index contributed by atoms with van der Waals surface area (Å²) in [4.78, 5) is 29.5. The van der Waals surface area contributed by atoms with Gasteiger partial charge in [0.25, 0.3) is 5.91 Å². The molecule has 0 aliphatic heterocycles. The maximum absolute atomic E-state index is 14.1. The fraction of sp³-hybridized carbons (Fsp3) is 0.412. The van der Waals surface area contributed by atoms with Crippen molar-refractivity contribution in [1.82, 2.24) is 10.2 Å². The van der Waals surface area contributed by atoms with Crippen LogP contribution in [0.1, 0.15) is 73.9 Å². The average Bonchev–Trinajstić information content (AvgIpc) is 2.94. The summed E-state index contributed by atoms with van der Waals surface area (Å²) in [6, 6.07) is 26.0. The Kier molecular flexibility index (Phi) is 9.75. The maximum atomic E-state index is 14.1. The van der Waals surface area contributed by atoms with Crippen LogP contribution in [0.5, 0.6) is 0 Å². The summed E-state index contributed by atoms with van der Waals surface area (Å²) in [7, 11) is 0. The Bertz CT molecular complexity index is 1180. The topological polar surface area (TPSA) is 49.4 Å². The molecule has 3 aromatic rings. The van der Waals surface area contributed by atoms with Crippen LogP contribution in [0.15, 0.2) is 78.9 Å². The third-order valence-corrected chi connectivity index (χ3v) is 7.70. The number of carbonyl (C=O) groups excluding carboxylic acids is 2. The smallest absolute Gasteiger partial charge is 0.251 e. The first-order valence-electron chi connectivity index (χ1n) is 14.2. The predicted octanol–water partition coefficient (Wildman–Crippen LogP) is 7.21. The molecule has 0 aromatic heterocycles. The van der Waals surface area contributed by atoms with Crippen molar-refractivity contribution in [3.05, 3.63) is 95.6 Å². The summed E-state index contributed by atoms with van der Waals surface area (Å²) in [6.45, 7) is 6.99. The molecule has 1 aliphatic carbocycles. The monoisotopic (exact) mass is 510 g/mol. The molecule has 2 amide bonds. The van der Waals surface area contributed by atoms with Crippen LogP contribution in [0, 0.1) is 12.8 Å². The molecule has 1 N–H and O–H groups in total. The fourth-order valence-corrected chi connectivity index (χ4v) is 5.59. The number of rotatable bonds is 10. The normalized spacial score (nSPS) is 14.7. The van der Waals surface area contributed by atoms with E-state index in [0.29, 0.717) is 18.5 Å². The zero-order valence-corrected chi connectivity index (χ0v) is 23.2. The molecule has 1 atom stereocenters. The van der Waals surface area contributed by atoms with Gasteiger partial charge in [-0.25, -0.2) is 0 Å². The van der Waals surface area contributed by atoms with Gasteiger partial charge in [-0.1, -0.05) is 99.8 Å². The van der Waals surface area contributed by atoms with E-state index >= 15 is 0 Å². The first kappa shape index (κ1) is 27.6. The summed E-state index contributed by atoms with van der Waals surface area (Å²) in [5.74, 6) is 0.161. The van der Waals surface area contributed by atoms with Crippen molar-refractivity contribution in [1.29, 1.82) is 0 Å². The zero-order chi connectivity index (χ0) is 26.9. The van der Waals surface area contributed by atoms with Crippen LogP contribution >= 0.6 is 0 Å². The molecule has 0 spiro atoms. The molecule has 1 unspecified atom stereocenters. The Morgan fingerprint density at radius 1 is 0.868 bits per heavy atom. The molecule has 0 bridgehead atoms. The Morgan fingerprint density at radius 2 is 1.53 bits per heavy atom. The van der Waals surface area contributed by atoms with E-state index in [1.165, 1.54) is 17.5 Å². The second-order valence-corrected chi connectivity index (χ2v) is 11.1. The van der Waals surface area contributed by atoms with E-state index in [1.807, 2.05) is 54.6 Å². The van der Waals surface area contributed by atoms with E-state index in [9.17, 15) is 9.59 Å². The van der Waals surface area contributed by atoms with Gasteiger partial charge in [-0.15, -0.1) is 0 Å². The molecule has 3 aromatic carbocycles. The first-order chi connectivity index (χ1) is 18.4. The number of aryl methyl sites for hydroxylation is 1. The number of carbonyl (C=O) groups is 2. The second kappa shape index (κ2) is 13.4. The Balaban J connectivity index is 1.50. The van der Waals surface area contributed by atoms with Crippen LogP contribution in [-0.2, 0) is 11.2 Å². The van der Waals surface area contributed by atoms with E-state index in [4.69, 9.17) is 0 Å². The quantitative estimate of drug-likeness (QED) is 0.313. The molecular formula is C34H42N2O2. The SMILES string of the molecule is Cc1ccccc1-c1ccc(C(=O)NC(CC(C)C)C(=O)N(CCc2ccccc2)C2CCCCC2)cc1. The van der Waals surface area contributed by atoms with Gasteiger partial charge in [0.05, 0.1) is 0 Å². The number of hydrogen-bond donors (Lipinski definition) is 1. The van der Waals surface area contributed by atoms with Gasteiger partial charge >= 0.3 is 0 Å². The van der Waals surface area contributed by atoms with Crippen molar-refractivity contribution < 1.29 is 9.59 Å². The van der Waals surface area contributed by atoms with Gasteiger partial charge in [-0.05, 0) is 72.9 Å². The highest BCUT2D eigenvalue weighted by Crippen LogP contribution is 2.26. The summed E-state index contributed by atoms with van der Waals surface area (Å²) >= 11 is 0. The Morgan fingerprint density at radius 3 is 2.18 bits per heavy atom. The lowest BCUT2D eigenvalue weighted by molar-refractivity contribution is -0.136. The molecule has 1 fully saturated rings. The lowest BCUT2D eigenvalue weighted by atomic mass is 9.92. The van der Waals surface area contributed by atoms with Crippen molar-refractivity contribution in [2.75, 3.05) is 6.54 Å². The summed E-state index contributed by atoms with van der Waals surface area (Å²) in [5, 5.41) is 3.12. The molecule has 4 rings (SSSR count). The Hall–Kier alpha value is -3.40. The number of nitrogens with one attached hydrogen (secondary N) is 1. The summed E-state index contributed by atoms with van der Waals surface area (Å²) < 4.78 is 0. The minimum absolute atomic E-state index is 0.0615. The number of hydrogen-bond acceptors (Lipinski definition) is 2. The highest BCUT2D eigenvalue weighted by molar-refractivity contribution is 5.98. The van der Waals surface area contributed by atoms with Crippen LogP contribution in [0.3, 0.4) is 0 Å². The average molecular weight is 511 g/mol. The molecule has 4 nitrogen and oxygen atoms in total. The van der Waals surface area contributed by atoms with Gasteiger partial charge < -0.3 is 10.2 Å². The lowest BCUT2D eigenvalue weighted by Gasteiger charge is -2.37. The second-order valence-electron chi connectivity index (χ2n) is 11.1. The van der Waals surface area contributed by atoms with Crippen molar-refractivity contribution in [2.45, 2.75) is 77.8 Å². The predicted molar refractivity (Wildman–Crippen MR) is 156 cm³/mol. The van der Waals surface area contributed by atoms with E-state index in [0.717, 1.165) is 43.2 Å². The van der Waals surface area contributed by atoms with Crippen molar-refractivity contribution >= 4 is 11.8 Å². The molecule has 4 heteroatoms. The number of amides is 2. The van der Waals surface area contributed by atoms with Crippen molar-refractivity contribution in [3.63, 3.8) is 0 Å². The summed E-state index contributed by atoms with van der Waals surface area (Å²) in [5.41, 5.74) is 5.26. The van der Waals surface area contributed by atoms with Crippen LogP contribution < -0.4 is 5.32 Å². The van der Waals surface area contributed by atoms with Crippen LogP contribution in [0.2, 0.25) is 0 Å². The van der Waals surface area contributed by atoms with Gasteiger partial charge in [0, 0.05) is 18.2 Å². The zero-order valence-electron chi connectivity index (χ0n) is 23.2. The number of benzene rings is 3. The van der Waals surface area contributed by atoms with Gasteiger partial charge in [0.1, 0.15) is 6.04 Å². The van der Waals surface area contributed by atoms with Crippen LogP contribution in [-0.4, -0.2) is 35.3 Å². The highest BCUT2D eigenvalue weighted by atomic mass is 16.2. The Labute approximate surface area is 228 Å². The van der Waals surface area contributed by atoms with Gasteiger partial charge in [-0.2, -0.15) is 0 Å². The first-order valence-corrected chi connectivity index (χ1v) is 14.2. The van der Waals surface area contributed by atoms with Gasteiger partial charge in [0.2, 0.25) is 5.91 Å². The van der Waals surface area contributed by atoms with Crippen LogP contribution in [0.25, 0.3) is 11.1 Å². The molecule has 0 heterocycles. The maximum Gasteiger partial charge on any atom is 0.251 e. The fourth-order valence-electron chi connectivity index (χ4n) is 5.59. The van der Waals surface area contributed by atoms with E-state index < -0.39 is 6.04 Å². The van der Waals surface area contributed by atoms with Crippen molar-refractivity contribution in [2.24, 2.45) is 5.92 Å². The van der Waals surface area contributed by atoms with Crippen LogP contribution in [0.4, 0.5) is 0 Å². The van der Waals surface area contributed by atoms with Gasteiger partial charge in [-0.3, -0.25) is 9.59 Å². The highest BCUT2D eigenvalue weighted by Gasteiger charge is 2.32. The number of nitrogens with zero attached hydrogens (tertiary/aromatic N) is 1. The largest absolute Gasteiger partial charge is 0.340 e. The molecule has 1 saturated carbocycles. The lowest BCUT2D eigenvalue weighted by Crippen LogP contribution is -2.53. The molecule has 0 saturated heterocycles. The van der Waals surface area contributed by atoms with Crippen molar-refractivity contribution in [3.8, 4) is 11.1 Å². The molecule has 1 aliphatic rings. The van der Waals surface area contributed by atoms with E-state index in [2.05, 4.69) is 55.3 Å². The molecule has 0 radical (unpaired) electrons. The third-order valence-electron chi connectivity index (χ3n) is 7.70. The van der Waals surface area contributed by atoms with E-state index in [1.54, 1.807) is 0 Å². The molecular weight excluding hydrogens is 468 g/mol. The molecule has 38 heavy (non-hydrogen) atoms. The third kappa shape index (κ3) is 7.34. The summed E-state index contributed by atoms with van der Waals surface area (Å²) in [6.07, 6.45) is 7.10.